The van der Waals surface area contributed by atoms with Gasteiger partial charge in [-0.15, -0.1) is 5.10 Å². The molecule has 0 aliphatic rings. The summed E-state index contributed by atoms with van der Waals surface area (Å²) >= 11 is 0. The number of tetrazole rings is 1. The van der Waals surface area contributed by atoms with Crippen molar-refractivity contribution in [3.8, 4) is 11.4 Å². The number of anilines is 1. The van der Waals surface area contributed by atoms with Gasteiger partial charge in [-0.25, -0.2) is 14.2 Å². The van der Waals surface area contributed by atoms with Gasteiger partial charge in [-0.05, 0) is 60.7 Å². The highest BCUT2D eigenvalue weighted by atomic mass is 16.5. The van der Waals surface area contributed by atoms with Gasteiger partial charge in [0.25, 0.3) is 5.91 Å². The van der Waals surface area contributed by atoms with Crippen LogP contribution in [-0.4, -0.2) is 48.5 Å². The second-order valence-electron chi connectivity index (χ2n) is 6.84. The van der Waals surface area contributed by atoms with Gasteiger partial charge in [-0.2, -0.15) is 5.10 Å². The van der Waals surface area contributed by atoms with E-state index in [0.29, 0.717) is 17.1 Å². The predicted molar refractivity (Wildman–Crippen MR) is 111 cm³/mol. The third kappa shape index (κ3) is 4.64. The molecule has 0 fully saturated rings. The molecule has 1 N–H and O–H groups in total. The van der Waals surface area contributed by atoms with E-state index in [0.717, 1.165) is 16.9 Å². The SMILES string of the molecule is Cc1ccc(-n2nc(C)cc2NC(=O)COC(=O)c2ccc(-n3cnnn3)cc2)cc1. The normalized spacial score (nSPS) is 10.6. The Morgan fingerprint density at radius 2 is 1.71 bits per heavy atom. The van der Waals surface area contributed by atoms with Gasteiger partial charge in [0.05, 0.1) is 22.6 Å². The summed E-state index contributed by atoms with van der Waals surface area (Å²) < 4.78 is 8.22. The molecule has 4 aromatic rings. The molecule has 0 radical (unpaired) electrons. The van der Waals surface area contributed by atoms with Crippen LogP contribution >= 0.6 is 0 Å². The number of carbonyl (C=O) groups is 2. The second kappa shape index (κ2) is 8.57. The zero-order chi connectivity index (χ0) is 21.8. The van der Waals surface area contributed by atoms with E-state index < -0.39 is 18.5 Å². The quantitative estimate of drug-likeness (QED) is 0.478. The van der Waals surface area contributed by atoms with Gasteiger partial charge >= 0.3 is 5.97 Å². The molecule has 0 spiro atoms. The van der Waals surface area contributed by atoms with Crippen LogP contribution in [0.15, 0.2) is 60.9 Å². The van der Waals surface area contributed by atoms with Crippen molar-refractivity contribution in [3.05, 3.63) is 77.7 Å². The smallest absolute Gasteiger partial charge is 0.338 e. The fraction of sp³-hybridized carbons (Fsp3) is 0.143. The number of ether oxygens (including phenoxy) is 1. The van der Waals surface area contributed by atoms with E-state index in [1.807, 2.05) is 38.1 Å². The monoisotopic (exact) mass is 417 g/mol. The third-order valence-electron chi connectivity index (χ3n) is 4.43. The van der Waals surface area contributed by atoms with Gasteiger partial charge in [0.15, 0.2) is 6.61 Å². The van der Waals surface area contributed by atoms with Gasteiger partial charge in [-0.3, -0.25) is 4.79 Å². The molecule has 1 amide bonds. The van der Waals surface area contributed by atoms with Crippen LogP contribution in [0.1, 0.15) is 21.6 Å². The Kier molecular flexibility index (Phi) is 5.52. The first-order valence-electron chi connectivity index (χ1n) is 9.44. The summed E-state index contributed by atoms with van der Waals surface area (Å²) in [5.41, 5.74) is 3.68. The number of rotatable bonds is 6. The minimum Gasteiger partial charge on any atom is -0.452 e. The fourth-order valence-corrected chi connectivity index (χ4v) is 2.89. The number of benzene rings is 2. The van der Waals surface area contributed by atoms with Crippen LogP contribution in [0, 0.1) is 13.8 Å². The summed E-state index contributed by atoms with van der Waals surface area (Å²) in [6.45, 7) is 3.40. The first-order chi connectivity index (χ1) is 15.0. The van der Waals surface area contributed by atoms with Crippen molar-refractivity contribution >= 4 is 17.7 Å². The Hall–Kier alpha value is -4.34. The van der Waals surface area contributed by atoms with E-state index in [9.17, 15) is 9.59 Å². The predicted octanol–water partition coefficient (Wildman–Crippen LogP) is 2.26. The number of carbonyl (C=O) groups excluding carboxylic acids is 2. The Bertz CT molecular complexity index is 1200. The van der Waals surface area contributed by atoms with Crippen molar-refractivity contribution in [3.63, 3.8) is 0 Å². The number of aryl methyl sites for hydroxylation is 2. The van der Waals surface area contributed by atoms with Gasteiger partial charge < -0.3 is 10.1 Å². The first-order valence-corrected chi connectivity index (χ1v) is 9.44. The number of nitrogens with one attached hydrogen (secondary N) is 1. The molecule has 0 atom stereocenters. The lowest BCUT2D eigenvalue weighted by atomic mass is 10.2. The summed E-state index contributed by atoms with van der Waals surface area (Å²) in [6.07, 6.45) is 1.45. The molecular formula is C21H19N7O3. The number of hydrogen-bond donors (Lipinski definition) is 1. The Morgan fingerprint density at radius 1 is 1.00 bits per heavy atom. The maximum absolute atomic E-state index is 12.3. The molecule has 2 aromatic heterocycles. The van der Waals surface area contributed by atoms with Crippen LogP contribution in [-0.2, 0) is 9.53 Å². The largest absolute Gasteiger partial charge is 0.452 e. The molecule has 4 rings (SSSR count). The summed E-state index contributed by atoms with van der Waals surface area (Å²) in [5.74, 6) is -0.582. The van der Waals surface area contributed by atoms with Crippen LogP contribution in [0.4, 0.5) is 5.82 Å². The zero-order valence-corrected chi connectivity index (χ0v) is 16.9. The van der Waals surface area contributed by atoms with Crippen molar-refractivity contribution in [1.29, 1.82) is 0 Å². The standard InChI is InChI=1S/C21H19N7O3/c1-14-3-7-18(8-4-14)28-19(11-15(2)24-28)23-20(29)12-31-21(30)16-5-9-17(10-6-16)27-13-22-25-26-27/h3-11,13H,12H2,1-2H3,(H,23,29). The Balaban J connectivity index is 1.37. The lowest BCUT2D eigenvalue weighted by Crippen LogP contribution is -2.22. The highest BCUT2D eigenvalue weighted by molar-refractivity contribution is 5.95. The van der Waals surface area contributed by atoms with Gasteiger partial charge in [-0.1, -0.05) is 17.7 Å². The molecule has 0 saturated heterocycles. The van der Waals surface area contributed by atoms with E-state index in [4.69, 9.17) is 4.74 Å². The minimum absolute atomic E-state index is 0.310. The molecule has 31 heavy (non-hydrogen) atoms. The van der Waals surface area contributed by atoms with Crippen molar-refractivity contribution in [2.24, 2.45) is 0 Å². The average molecular weight is 417 g/mol. The molecule has 0 aliphatic carbocycles. The lowest BCUT2D eigenvalue weighted by Gasteiger charge is -2.10. The molecule has 0 unspecified atom stereocenters. The Morgan fingerprint density at radius 3 is 2.39 bits per heavy atom. The van der Waals surface area contributed by atoms with Crippen LogP contribution in [0.5, 0.6) is 0 Å². The van der Waals surface area contributed by atoms with Crippen molar-refractivity contribution in [1.82, 2.24) is 30.0 Å². The molecule has 2 aromatic carbocycles. The van der Waals surface area contributed by atoms with E-state index in [-0.39, 0.29) is 0 Å². The number of esters is 1. The molecule has 0 saturated carbocycles. The van der Waals surface area contributed by atoms with E-state index >= 15 is 0 Å². The van der Waals surface area contributed by atoms with Crippen LogP contribution < -0.4 is 5.32 Å². The van der Waals surface area contributed by atoms with Crippen LogP contribution in [0.2, 0.25) is 0 Å². The van der Waals surface area contributed by atoms with Gasteiger partial charge in [0.1, 0.15) is 12.1 Å². The van der Waals surface area contributed by atoms with E-state index in [2.05, 4.69) is 25.9 Å². The number of nitrogens with zero attached hydrogens (tertiary/aromatic N) is 6. The summed E-state index contributed by atoms with van der Waals surface area (Å²) in [7, 11) is 0. The van der Waals surface area contributed by atoms with Crippen molar-refractivity contribution < 1.29 is 14.3 Å². The van der Waals surface area contributed by atoms with Crippen LogP contribution in [0.3, 0.4) is 0 Å². The molecule has 10 heteroatoms. The Labute approximate surface area is 177 Å². The molecular weight excluding hydrogens is 398 g/mol. The number of amides is 1. The maximum Gasteiger partial charge on any atom is 0.338 e. The highest BCUT2D eigenvalue weighted by Gasteiger charge is 2.14. The van der Waals surface area contributed by atoms with E-state index in [1.165, 1.54) is 11.0 Å². The molecule has 10 nitrogen and oxygen atoms in total. The minimum atomic E-state index is -0.610. The number of aromatic nitrogens is 6. The summed E-state index contributed by atoms with van der Waals surface area (Å²) in [6, 6.07) is 16.0. The third-order valence-corrected chi connectivity index (χ3v) is 4.43. The fourth-order valence-electron chi connectivity index (χ4n) is 2.89. The average Bonchev–Trinajstić information content (AvgIpc) is 3.43. The van der Waals surface area contributed by atoms with Gasteiger partial charge in [0, 0.05) is 6.07 Å². The topological polar surface area (TPSA) is 117 Å². The molecule has 0 bridgehead atoms. The van der Waals surface area contributed by atoms with E-state index in [1.54, 1.807) is 35.0 Å². The second-order valence-corrected chi connectivity index (χ2v) is 6.84. The van der Waals surface area contributed by atoms with Crippen molar-refractivity contribution in [2.75, 3.05) is 11.9 Å². The van der Waals surface area contributed by atoms with Crippen molar-refractivity contribution in [2.45, 2.75) is 13.8 Å². The molecule has 156 valence electrons. The zero-order valence-electron chi connectivity index (χ0n) is 16.9. The highest BCUT2D eigenvalue weighted by Crippen LogP contribution is 2.18. The number of hydrogen-bond acceptors (Lipinski definition) is 7. The van der Waals surface area contributed by atoms with Gasteiger partial charge in [0.2, 0.25) is 0 Å². The summed E-state index contributed by atoms with van der Waals surface area (Å²) in [4.78, 5) is 24.6. The lowest BCUT2D eigenvalue weighted by molar-refractivity contribution is -0.119. The first kappa shape index (κ1) is 20.0. The maximum atomic E-state index is 12.3. The van der Waals surface area contributed by atoms with Crippen LogP contribution in [0.25, 0.3) is 11.4 Å². The molecule has 0 aliphatic heterocycles. The summed E-state index contributed by atoms with van der Waals surface area (Å²) in [5, 5.41) is 18.0. The molecule has 2 heterocycles.